The Kier molecular flexibility index (Phi) is 4.75. The predicted molar refractivity (Wildman–Crippen MR) is 105 cm³/mol. The minimum absolute atomic E-state index is 0.0476. The van der Waals surface area contributed by atoms with Crippen LogP contribution in [0, 0.1) is 6.92 Å². The zero-order chi connectivity index (χ0) is 18.8. The van der Waals surface area contributed by atoms with Crippen LogP contribution in [0.1, 0.15) is 40.4 Å². The van der Waals surface area contributed by atoms with Gasteiger partial charge in [0.25, 0.3) is 5.91 Å². The number of hydrogen-bond acceptors (Lipinski definition) is 4. The number of fused-ring (bicyclic) bond motifs is 1. The van der Waals surface area contributed by atoms with Crippen molar-refractivity contribution in [2.24, 2.45) is 0 Å². The highest BCUT2D eigenvalue weighted by atomic mass is 16.5. The number of methoxy groups -OCH3 is 1. The van der Waals surface area contributed by atoms with Crippen LogP contribution in [0.25, 0.3) is 10.8 Å². The molecule has 0 N–H and O–H groups in total. The van der Waals surface area contributed by atoms with Gasteiger partial charge in [0.15, 0.2) is 0 Å². The number of benzene rings is 1. The van der Waals surface area contributed by atoms with Crippen molar-refractivity contribution >= 4 is 16.7 Å². The second-order valence-corrected chi connectivity index (χ2v) is 7.06. The first kappa shape index (κ1) is 17.5. The third-order valence-corrected chi connectivity index (χ3v) is 5.40. The highest BCUT2D eigenvalue weighted by Gasteiger charge is 2.26. The lowest BCUT2D eigenvalue weighted by atomic mass is 9.92. The number of ether oxygens (including phenoxy) is 1. The lowest BCUT2D eigenvalue weighted by Crippen LogP contribution is -2.39. The number of nitrogens with zero attached hydrogens (tertiary/aromatic N) is 3. The highest BCUT2D eigenvalue weighted by molar-refractivity contribution is 5.94. The average Bonchev–Trinajstić information content (AvgIpc) is 2.74. The van der Waals surface area contributed by atoms with E-state index >= 15 is 0 Å². The first-order valence-electron chi connectivity index (χ1n) is 9.30. The molecule has 1 aliphatic heterocycles. The molecular weight excluding hydrogens is 338 g/mol. The van der Waals surface area contributed by atoms with Gasteiger partial charge in [-0.15, -0.1) is 0 Å². The lowest BCUT2D eigenvalue weighted by Gasteiger charge is -2.32. The van der Waals surface area contributed by atoms with Gasteiger partial charge in [-0.1, -0.05) is 0 Å². The number of piperidine rings is 1. The fourth-order valence-electron chi connectivity index (χ4n) is 3.88. The largest absolute Gasteiger partial charge is 0.496 e. The van der Waals surface area contributed by atoms with E-state index in [0.29, 0.717) is 12.1 Å². The molecule has 1 fully saturated rings. The summed E-state index contributed by atoms with van der Waals surface area (Å²) in [7, 11) is 1.69. The van der Waals surface area contributed by atoms with E-state index in [-0.39, 0.29) is 11.8 Å². The van der Waals surface area contributed by atoms with Crippen molar-refractivity contribution in [1.82, 2.24) is 14.9 Å². The van der Waals surface area contributed by atoms with Crippen molar-refractivity contribution in [2.75, 3.05) is 20.2 Å². The van der Waals surface area contributed by atoms with Gasteiger partial charge in [-0.25, -0.2) is 0 Å². The summed E-state index contributed by atoms with van der Waals surface area (Å²) in [6.45, 7) is 3.55. The minimum Gasteiger partial charge on any atom is -0.496 e. The summed E-state index contributed by atoms with van der Waals surface area (Å²) in [6.07, 6.45) is 7.27. The molecule has 0 bridgehead atoms. The number of amides is 1. The molecule has 1 unspecified atom stereocenters. The number of pyridine rings is 2. The van der Waals surface area contributed by atoms with E-state index in [1.807, 2.05) is 29.3 Å². The normalized spacial score (nSPS) is 17.1. The molecule has 0 radical (unpaired) electrons. The smallest absolute Gasteiger partial charge is 0.255 e. The van der Waals surface area contributed by atoms with Crippen LogP contribution in [-0.4, -0.2) is 41.0 Å². The van der Waals surface area contributed by atoms with Gasteiger partial charge in [0.1, 0.15) is 5.75 Å². The van der Waals surface area contributed by atoms with E-state index in [0.717, 1.165) is 47.2 Å². The molecule has 1 aromatic carbocycles. The lowest BCUT2D eigenvalue weighted by molar-refractivity contribution is 0.0705. The van der Waals surface area contributed by atoms with Crippen LogP contribution in [0.3, 0.4) is 0 Å². The van der Waals surface area contributed by atoms with Gasteiger partial charge in [-0.3, -0.25) is 14.8 Å². The van der Waals surface area contributed by atoms with Gasteiger partial charge in [0.2, 0.25) is 0 Å². The zero-order valence-corrected chi connectivity index (χ0v) is 15.7. The number of likely N-dealkylation sites (tertiary alicyclic amines) is 1. The zero-order valence-electron chi connectivity index (χ0n) is 15.7. The third-order valence-electron chi connectivity index (χ3n) is 5.40. The summed E-state index contributed by atoms with van der Waals surface area (Å²) < 4.78 is 5.46. The molecule has 1 saturated heterocycles. The van der Waals surface area contributed by atoms with Crippen LogP contribution in [0.5, 0.6) is 5.75 Å². The summed E-state index contributed by atoms with van der Waals surface area (Å²) >= 11 is 0. The van der Waals surface area contributed by atoms with E-state index in [4.69, 9.17) is 9.72 Å². The molecule has 0 aliphatic carbocycles. The fourth-order valence-corrected chi connectivity index (χ4v) is 3.88. The molecule has 3 heterocycles. The molecule has 0 spiro atoms. The molecule has 27 heavy (non-hydrogen) atoms. The number of rotatable bonds is 3. The molecule has 5 nitrogen and oxygen atoms in total. The van der Waals surface area contributed by atoms with Crippen LogP contribution in [0.2, 0.25) is 0 Å². The Morgan fingerprint density at radius 2 is 2.15 bits per heavy atom. The molecule has 5 heteroatoms. The number of hydrogen-bond donors (Lipinski definition) is 0. The summed E-state index contributed by atoms with van der Waals surface area (Å²) in [6, 6.07) is 9.81. The topological polar surface area (TPSA) is 55.3 Å². The Morgan fingerprint density at radius 1 is 1.26 bits per heavy atom. The minimum atomic E-state index is 0.0476. The van der Waals surface area contributed by atoms with E-state index in [1.165, 1.54) is 0 Å². The van der Waals surface area contributed by atoms with Gasteiger partial charge in [0.05, 0.1) is 12.7 Å². The molecule has 0 saturated carbocycles. The molecule has 2 aromatic heterocycles. The van der Waals surface area contributed by atoms with Gasteiger partial charge < -0.3 is 9.64 Å². The Morgan fingerprint density at radius 3 is 2.93 bits per heavy atom. The van der Waals surface area contributed by atoms with Crippen LogP contribution in [0.4, 0.5) is 0 Å². The number of carbonyl (C=O) groups is 1. The van der Waals surface area contributed by atoms with Crippen LogP contribution in [-0.2, 0) is 0 Å². The Bertz CT molecular complexity index is 972. The highest BCUT2D eigenvalue weighted by Crippen LogP contribution is 2.31. The maximum atomic E-state index is 12.8. The Balaban J connectivity index is 1.61. The van der Waals surface area contributed by atoms with E-state index in [2.05, 4.69) is 18.0 Å². The van der Waals surface area contributed by atoms with Crippen molar-refractivity contribution in [3.05, 3.63) is 65.7 Å². The van der Waals surface area contributed by atoms with Gasteiger partial charge in [0, 0.05) is 48.7 Å². The summed E-state index contributed by atoms with van der Waals surface area (Å²) in [5.74, 6) is 1.18. The second-order valence-electron chi connectivity index (χ2n) is 7.06. The first-order valence-corrected chi connectivity index (χ1v) is 9.30. The van der Waals surface area contributed by atoms with Crippen LogP contribution < -0.4 is 4.74 Å². The Labute approximate surface area is 159 Å². The van der Waals surface area contributed by atoms with Crippen molar-refractivity contribution in [3.8, 4) is 5.75 Å². The second kappa shape index (κ2) is 7.35. The monoisotopic (exact) mass is 361 g/mol. The molecule has 1 atom stereocenters. The van der Waals surface area contributed by atoms with Crippen molar-refractivity contribution in [1.29, 1.82) is 0 Å². The molecule has 3 aromatic rings. The predicted octanol–water partition coefficient (Wildman–Crippen LogP) is 3.97. The maximum absolute atomic E-state index is 12.8. The third kappa shape index (κ3) is 3.37. The molecule has 1 aliphatic rings. The van der Waals surface area contributed by atoms with Crippen molar-refractivity contribution < 1.29 is 9.53 Å². The Hall–Kier alpha value is -2.95. The molecule has 4 rings (SSSR count). The van der Waals surface area contributed by atoms with E-state index < -0.39 is 0 Å². The fraction of sp³-hybridized carbons (Fsp3) is 0.318. The number of aryl methyl sites for hydroxylation is 1. The quantitative estimate of drug-likeness (QED) is 0.708. The van der Waals surface area contributed by atoms with Crippen molar-refractivity contribution in [3.63, 3.8) is 0 Å². The summed E-state index contributed by atoms with van der Waals surface area (Å²) in [4.78, 5) is 23.5. The summed E-state index contributed by atoms with van der Waals surface area (Å²) in [5, 5.41) is 2.27. The maximum Gasteiger partial charge on any atom is 0.255 e. The van der Waals surface area contributed by atoms with Crippen LogP contribution >= 0.6 is 0 Å². The van der Waals surface area contributed by atoms with E-state index in [1.54, 1.807) is 25.6 Å². The molecule has 1 amide bonds. The number of aromatic nitrogens is 2. The van der Waals surface area contributed by atoms with Gasteiger partial charge in [-0.05, 0) is 61.0 Å². The SMILES string of the molecule is COc1ccc2cnc(C3CCCN(C(=O)c4cccnc4)C3)cc2c1C. The first-order chi connectivity index (χ1) is 13.2. The summed E-state index contributed by atoms with van der Waals surface area (Å²) in [5.41, 5.74) is 2.81. The number of carbonyl (C=O) groups excluding carboxylic acids is 1. The standard InChI is InChI=1S/C22H23N3O2/c1-15-19-11-20(24-13-16(19)7-8-21(15)27-2)18-6-4-10-25(14-18)22(26)17-5-3-9-23-12-17/h3,5,7-9,11-13,18H,4,6,10,14H2,1-2H3. The molecule has 138 valence electrons. The average molecular weight is 361 g/mol. The van der Waals surface area contributed by atoms with Gasteiger partial charge >= 0.3 is 0 Å². The molecular formula is C22H23N3O2. The van der Waals surface area contributed by atoms with Gasteiger partial charge in [-0.2, -0.15) is 0 Å². The van der Waals surface area contributed by atoms with E-state index in [9.17, 15) is 4.79 Å². The van der Waals surface area contributed by atoms with Crippen LogP contribution in [0.15, 0.2) is 48.9 Å². The van der Waals surface area contributed by atoms with Crippen molar-refractivity contribution in [2.45, 2.75) is 25.7 Å².